The Morgan fingerprint density at radius 3 is 2.59 bits per heavy atom. The fourth-order valence-corrected chi connectivity index (χ4v) is 2.49. The Balaban J connectivity index is 1.82. The number of anilines is 2. The first kappa shape index (κ1) is 20.5. The molecule has 2 rings (SSSR count). The maximum atomic E-state index is 11.8. The molecule has 27 heavy (non-hydrogen) atoms. The molecule has 2 amide bonds. The summed E-state index contributed by atoms with van der Waals surface area (Å²) in [6.07, 6.45) is 0.895. The molecule has 0 saturated carbocycles. The molecule has 0 radical (unpaired) electrons. The van der Waals surface area contributed by atoms with E-state index in [-0.39, 0.29) is 6.61 Å². The number of carbonyl (C=O) groups is 2. The Morgan fingerprint density at radius 2 is 1.89 bits per heavy atom. The molecule has 0 aromatic heterocycles. The second kappa shape index (κ2) is 9.80. The van der Waals surface area contributed by atoms with E-state index in [1.807, 2.05) is 13.0 Å². The van der Waals surface area contributed by atoms with Gasteiger partial charge >= 0.3 is 0 Å². The van der Waals surface area contributed by atoms with E-state index in [9.17, 15) is 9.59 Å². The van der Waals surface area contributed by atoms with Crippen molar-refractivity contribution >= 4 is 52.6 Å². The van der Waals surface area contributed by atoms with Crippen LogP contribution in [0.4, 0.5) is 11.4 Å². The van der Waals surface area contributed by atoms with Crippen LogP contribution in [0.1, 0.15) is 5.56 Å². The molecule has 2 aromatic carbocycles. The monoisotopic (exact) mass is 409 g/mol. The summed E-state index contributed by atoms with van der Waals surface area (Å²) in [6, 6.07) is 10.0. The highest BCUT2D eigenvalue weighted by Crippen LogP contribution is 2.27. The van der Waals surface area contributed by atoms with Crippen LogP contribution in [0.15, 0.2) is 41.6 Å². The lowest BCUT2D eigenvalue weighted by Crippen LogP contribution is -2.18. The quantitative estimate of drug-likeness (QED) is 0.536. The number of aryl methyl sites for hydroxylation is 1. The zero-order valence-electron chi connectivity index (χ0n) is 14.6. The van der Waals surface area contributed by atoms with Gasteiger partial charge in [-0.25, -0.2) is 0 Å². The van der Waals surface area contributed by atoms with Gasteiger partial charge in [0.1, 0.15) is 12.0 Å². The summed E-state index contributed by atoms with van der Waals surface area (Å²) < 4.78 is 5.12. The molecule has 2 N–H and O–H groups in total. The Kier molecular flexibility index (Phi) is 7.45. The molecule has 0 saturated heterocycles. The average molecular weight is 410 g/mol. The van der Waals surface area contributed by atoms with E-state index >= 15 is 0 Å². The normalized spacial score (nSPS) is 10.5. The lowest BCUT2D eigenvalue weighted by atomic mass is 10.2. The van der Waals surface area contributed by atoms with Crippen LogP contribution in [0.2, 0.25) is 10.0 Å². The summed E-state index contributed by atoms with van der Waals surface area (Å²) in [5.74, 6) is -0.594. The molecular weight excluding hydrogens is 393 g/mol. The van der Waals surface area contributed by atoms with Gasteiger partial charge in [0.2, 0.25) is 0 Å². The standard InChI is InChI=1S/C18H17Cl2N3O4/c1-11-3-5-14(13(20)7-11)22-18(25)10-27-21-9-17(24)23-15-8-12(19)4-6-16(15)26-2/h3-9H,10H2,1-2H3,(H,22,25)(H,23,24)/b21-9-. The minimum Gasteiger partial charge on any atom is -0.495 e. The lowest BCUT2D eigenvalue weighted by molar-refractivity contribution is -0.120. The second-order valence-corrected chi connectivity index (χ2v) is 6.22. The van der Waals surface area contributed by atoms with Crippen molar-refractivity contribution in [2.75, 3.05) is 24.4 Å². The van der Waals surface area contributed by atoms with E-state index in [4.69, 9.17) is 32.8 Å². The van der Waals surface area contributed by atoms with Gasteiger partial charge in [0.15, 0.2) is 6.61 Å². The largest absolute Gasteiger partial charge is 0.495 e. The lowest BCUT2D eigenvalue weighted by Gasteiger charge is -2.08. The van der Waals surface area contributed by atoms with E-state index in [1.165, 1.54) is 13.2 Å². The highest BCUT2D eigenvalue weighted by Gasteiger charge is 2.08. The van der Waals surface area contributed by atoms with Crippen LogP contribution in [-0.2, 0) is 14.4 Å². The molecule has 0 aliphatic carbocycles. The van der Waals surface area contributed by atoms with E-state index in [0.29, 0.717) is 27.2 Å². The molecule has 0 spiro atoms. The third-order valence-corrected chi connectivity index (χ3v) is 3.81. The van der Waals surface area contributed by atoms with Crippen LogP contribution in [0, 0.1) is 6.92 Å². The fourth-order valence-electron chi connectivity index (χ4n) is 2.03. The molecular formula is C18H17Cl2N3O4. The minimum atomic E-state index is -0.572. The average Bonchev–Trinajstić information content (AvgIpc) is 2.61. The van der Waals surface area contributed by atoms with E-state index < -0.39 is 11.8 Å². The SMILES string of the molecule is COc1ccc(Cl)cc1NC(=O)/C=N\OCC(=O)Nc1ccc(C)cc1Cl. The van der Waals surface area contributed by atoms with Crippen molar-refractivity contribution in [3.8, 4) is 5.75 Å². The van der Waals surface area contributed by atoms with Crippen molar-refractivity contribution in [3.05, 3.63) is 52.0 Å². The summed E-state index contributed by atoms with van der Waals surface area (Å²) in [5.41, 5.74) is 1.82. The zero-order chi connectivity index (χ0) is 19.8. The predicted octanol–water partition coefficient (Wildman–Crippen LogP) is 3.89. The first-order valence-electron chi connectivity index (χ1n) is 7.75. The number of rotatable bonds is 7. The molecule has 0 aliphatic heterocycles. The van der Waals surface area contributed by atoms with Gasteiger partial charge in [-0.1, -0.05) is 34.4 Å². The molecule has 0 unspecified atom stereocenters. The number of ether oxygens (including phenoxy) is 1. The van der Waals surface area contributed by atoms with Crippen LogP contribution in [0.25, 0.3) is 0 Å². The smallest absolute Gasteiger partial charge is 0.270 e. The van der Waals surface area contributed by atoms with Crippen LogP contribution in [0.5, 0.6) is 5.75 Å². The number of benzene rings is 2. The summed E-state index contributed by atoms with van der Waals surface area (Å²) in [7, 11) is 1.47. The van der Waals surface area contributed by atoms with Gasteiger partial charge in [-0.05, 0) is 42.8 Å². The molecule has 0 heterocycles. The van der Waals surface area contributed by atoms with E-state index in [0.717, 1.165) is 11.8 Å². The van der Waals surface area contributed by atoms with Gasteiger partial charge in [0.25, 0.3) is 11.8 Å². The highest BCUT2D eigenvalue weighted by molar-refractivity contribution is 6.34. The first-order valence-corrected chi connectivity index (χ1v) is 8.50. The van der Waals surface area contributed by atoms with Crippen molar-refractivity contribution in [2.45, 2.75) is 6.92 Å². The van der Waals surface area contributed by atoms with Gasteiger partial charge in [0, 0.05) is 5.02 Å². The summed E-state index contributed by atoms with van der Waals surface area (Å²) in [4.78, 5) is 28.5. The molecule has 0 aliphatic rings. The van der Waals surface area contributed by atoms with Crippen molar-refractivity contribution in [3.63, 3.8) is 0 Å². The van der Waals surface area contributed by atoms with Gasteiger partial charge in [0.05, 0.1) is 23.5 Å². The first-order chi connectivity index (χ1) is 12.9. The Labute approximate surface area is 166 Å². The molecule has 0 fully saturated rings. The van der Waals surface area contributed by atoms with Crippen LogP contribution >= 0.6 is 23.2 Å². The number of nitrogens with zero attached hydrogens (tertiary/aromatic N) is 1. The number of oxime groups is 1. The Bertz CT molecular complexity index is 872. The van der Waals surface area contributed by atoms with Gasteiger partial charge in [-0.15, -0.1) is 0 Å². The number of carbonyl (C=O) groups excluding carboxylic acids is 2. The highest BCUT2D eigenvalue weighted by atomic mass is 35.5. The van der Waals surface area contributed by atoms with Gasteiger partial charge in [-0.3, -0.25) is 9.59 Å². The summed E-state index contributed by atoms with van der Waals surface area (Å²) in [5, 5.41) is 9.45. The number of hydrogen-bond acceptors (Lipinski definition) is 5. The fraction of sp³-hybridized carbons (Fsp3) is 0.167. The molecule has 7 nitrogen and oxygen atoms in total. The van der Waals surface area contributed by atoms with Crippen molar-refractivity contribution < 1.29 is 19.2 Å². The molecule has 2 aromatic rings. The van der Waals surface area contributed by atoms with Gasteiger partial charge < -0.3 is 20.2 Å². The molecule has 0 atom stereocenters. The number of halogens is 2. The van der Waals surface area contributed by atoms with Crippen molar-refractivity contribution in [1.82, 2.24) is 0 Å². The minimum absolute atomic E-state index is 0.380. The van der Waals surface area contributed by atoms with E-state index in [2.05, 4.69) is 15.8 Å². The van der Waals surface area contributed by atoms with Gasteiger partial charge in [-0.2, -0.15) is 0 Å². The number of methoxy groups -OCH3 is 1. The van der Waals surface area contributed by atoms with E-state index in [1.54, 1.807) is 24.3 Å². The van der Waals surface area contributed by atoms with Crippen molar-refractivity contribution in [2.24, 2.45) is 5.16 Å². The zero-order valence-corrected chi connectivity index (χ0v) is 16.1. The predicted molar refractivity (Wildman–Crippen MR) is 106 cm³/mol. The third kappa shape index (κ3) is 6.47. The number of nitrogens with one attached hydrogen (secondary N) is 2. The number of hydrogen-bond donors (Lipinski definition) is 2. The Morgan fingerprint density at radius 1 is 1.11 bits per heavy atom. The molecule has 0 bridgehead atoms. The number of amides is 2. The van der Waals surface area contributed by atoms with Crippen LogP contribution < -0.4 is 15.4 Å². The topological polar surface area (TPSA) is 89.0 Å². The summed E-state index contributed by atoms with van der Waals surface area (Å²) in [6.45, 7) is 1.51. The second-order valence-electron chi connectivity index (χ2n) is 5.37. The third-order valence-electron chi connectivity index (χ3n) is 3.26. The van der Waals surface area contributed by atoms with Crippen LogP contribution in [-0.4, -0.2) is 31.7 Å². The maximum absolute atomic E-state index is 11.8. The molecule has 9 heteroatoms. The Hall–Kier alpha value is -2.77. The van der Waals surface area contributed by atoms with Crippen molar-refractivity contribution in [1.29, 1.82) is 0 Å². The maximum Gasteiger partial charge on any atom is 0.270 e. The molecule has 142 valence electrons. The summed E-state index contributed by atoms with van der Waals surface area (Å²) >= 11 is 11.9. The van der Waals surface area contributed by atoms with Crippen LogP contribution in [0.3, 0.4) is 0 Å².